The molecule has 2 atom stereocenters. The molecule has 2 N–H and O–H groups in total. The monoisotopic (exact) mass is 521 g/mol. The molecule has 0 bridgehead atoms. The van der Waals surface area contributed by atoms with Crippen molar-refractivity contribution in [2.24, 2.45) is 0 Å². The minimum Gasteiger partial charge on any atom is -0.464 e. The van der Waals surface area contributed by atoms with Crippen molar-refractivity contribution in [2.45, 2.75) is 96.2 Å². The quantitative estimate of drug-likeness (QED) is 0.280. The van der Waals surface area contributed by atoms with Gasteiger partial charge in [-0.3, -0.25) is 14.7 Å². The van der Waals surface area contributed by atoms with Crippen LogP contribution < -0.4 is 10.6 Å². The van der Waals surface area contributed by atoms with E-state index in [2.05, 4.69) is 32.7 Å². The van der Waals surface area contributed by atoms with E-state index in [-0.39, 0.29) is 17.9 Å². The molecule has 4 heterocycles. The molecule has 0 saturated carbocycles. The average molecular weight is 522 g/mol. The summed E-state index contributed by atoms with van der Waals surface area (Å²) in [5, 5.41) is 6.44. The molecule has 8 nitrogen and oxygen atoms in total. The number of nitrogens with one attached hydrogen (secondary N) is 2. The molecule has 1 fully saturated rings. The summed E-state index contributed by atoms with van der Waals surface area (Å²) < 4.78 is 5.29. The Morgan fingerprint density at radius 1 is 1.11 bits per heavy atom. The average Bonchev–Trinajstić information content (AvgIpc) is 3.40. The van der Waals surface area contributed by atoms with Crippen LogP contribution in [-0.4, -0.2) is 58.5 Å². The number of pyridine rings is 2. The summed E-state index contributed by atoms with van der Waals surface area (Å²) in [6.45, 7) is 4.72. The van der Waals surface area contributed by atoms with Crippen LogP contribution in [0.1, 0.15) is 81.5 Å². The third kappa shape index (κ3) is 8.25. The maximum absolute atomic E-state index is 13.2. The zero-order valence-electron chi connectivity index (χ0n) is 22.8. The maximum Gasteiger partial charge on any atom is 0.328 e. The van der Waals surface area contributed by atoms with Crippen LogP contribution >= 0.6 is 0 Å². The van der Waals surface area contributed by atoms with Crippen molar-refractivity contribution < 1.29 is 14.3 Å². The van der Waals surface area contributed by atoms with E-state index in [9.17, 15) is 9.59 Å². The van der Waals surface area contributed by atoms with Crippen LogP contribution in [0.15, 0.2) is 36.7 Å². The fraction of sp³-hybridized carbons (Fsp3) is 0.600. The van der Waals surface area contributed by atoms with Crippen LogP contribution in [0.5, 0.6) is 0 Å². The summed E-state index contributed by atoms with van der Waals surface area (Å²) in [5.74, 6) is 0.673. The van der Waals surface area contributed by atoms with Crippen molar-refractivity contribution in [3.05, 3.63) is 53.5 Å². The second-order valence-electron chi connectivity index (χ2n) is 10.4. The summed E-state index contributed by atoms with van der Waals surface area (Å²) in [4.78, 5) is 36.9. The van der Waals surface area contributed by atoms with Crippen molar-refractivity contribution in [3.63, 3.8) is 0 Å². The van der Waals surface area contributed by atoms with Crippen LogP contribution in [0.4, 0.5) is 5.82 Å². The van der Waals surface area contributed by atoms with Crippen LogP contribution in [0.25, 0.3) is 0 Å². The Labute approximate surface area is 227 Å². The van der Waals surface area contributed by atoms with Crippen LogP contribution in [-0.2, 0) is 33.7 Å². The van der Waals surface area contributed by atoms with Crippen molar-refractivity contribution in [3.8, 4) is 0 Å². The smallest absolute Gasteiger partial charge is 0.328 e. The maximum atomic E-state index is 13.2. The number of rotatable bonds is 14. The number of ether oxygens (including phenoxy) is 1. The molecule has 0 aliphatic carbocycles. The molecule has 2 aliphatic heterocycles. The molecule has 206 valence electrons. The van der Waals surface area contributed by atoms with Gasteiger partial charge in [0.05, 0.1) is 12.6 Å². The number of hydrogen-bond donors (Lipinski definition) is 2. The first-order valence-corrected chi connectivity index (χ1v) is 14.5. The molecule has 2 aliphatic rings. The molecule has 0 radical (unpaired) electrons. The first-order chi connectivity index (χ1) is 18.6. The predicted octanol–water partition coefficient (Wildman–Crippen LogP) is 4.43. The Bertz CT molecular complexity index is 1030. The van der Waals surface area contributed by atoms with Gasteiger partial charge in [-0.2, -0.15) is 0 Å². The van der Waals surface area contributed by atoms with E-state index in [1.165, 1.54) is 12.0 Å². The molecule has 4 rings (SSSR count). The summed E-state index contributed by atoms with van der Waals surface area (Å²) in [5.41, 5.74) is 3.63. The molecule has 2 aromatic heterocycles. The van der Waals surface area contributed by atoms with Gasteiger partial charge in [-0.15, -0.1) is 0 Å². The number of esters is 1. The van der Waals surface area contributed by atoms with Crippen molar-refractivity contribution >= 4 is 17.7 Å². The molecule has 0 aromatic carbocycles. The van der Waals surface area contributed by atoms with Crippen LogP contribution in [0.2, 0.25) is 0 Å². The van der Waals surface area contributed by atoms with Gasteiger partial charge in [0.15, 0.2) is 0 Å². The second kappa shape index (κ2) is 14.8. The standard InChI is InChI=1S/C30H43N5O3/c1-2-38-30(37)26(34-29(36)27-13-9-21-35(27)22-23-16-19-31-20-17-23)12-7-5-3-4-6-11-25-15-14-24-10-8-18-32-28(24)33-25/h14-17,19-20,26-27H,2-13,18,21-22H2,1H3,(H,32,33)(H,34,36)/t26-,27-/m0/s1. The molecule has 1 amide bonds. The Morgan fingerprint density at radius 2 is 1.92 bits per heavy atom. The van der Waals surface area contributed by atoms with E-state index in [0.29, 0.717) is 19.6 Å². The molecule has 38 heavy (non-hydrogen) atoms. The first kappa shape index (κ1) is 28.0. The van der Waals surface area contributed by atoms with Gasteiger partial charge in [-0.25, -0.2) is 9.78 Å². The summed E-state index contributed by atoms with van der Waals surface area (Å²) >= 11 is 0. The highest BCUT2D eigenvalue weighted by molar-refractivity contribution is 5.87. The lowest BCUT2D eigenvalue weighted by Crippen LogP contribution is -2.49. The zero-order chi connectivity index (χ0) is 26.6. The number of nitrogens with zero attached hydrogens (tertiary/aromatic N) is 3. The highest BCUT2D eigenvalue weighted by Gasteiger charge is 2.33. The van der Waals surface area contributed by atoms with E-state index in [4.69, 9.17) is 9.72 Å². The fourth-order valence-corrected chi connectivity index (χ4v) is 5.49. The molecule has 0 spiro atoms. The number of carbonyl (C=O) groups is 2. The number of hydrogen-bond acceptors (Lipinski definition) is 7. The van der Waals surface area contributed by atoms with E-state index in [1.807, 2.05) is 12.1 Å². The third-order valence-corrected chi connectivity index (χ3v) is 7.57. The minimum absolute atomic E-state index is 0.0679. The number of carbonyl (C=O) groups excluding carboxylic acids is 2. The van der Waals surface area contributed by atoms with Gasteiger partial charge in [0.1, 0.15) is 11.9 Å². The lowest BCUT2D eigenvalue weighted by molar-refractivity contribution is -0.148. The Kier molecular flexibility index (Phi) is 10.9. The number of anilines is 1. The van der Waals surface area contributed by atoms with Gasteiger partial charge < -0.3 is 15.4 Å². The minimum atomic E-state index is -0.585. The highest BCUT2D eigenvalue weighted by atomic mass is 16.5. The second-order valence-corrected chi connectivity index (χ2v) is 10.4. The molecular weight excluding hydrogens is 478 g/mol. The number of fused-ring (bicyclic) bond motifs is 1. The van der Waals surface area contributed by atoms with Crippen LogP contribution in [0.3, 0.4) is 0 Å². The summed E-state index contributed by atoms with van der Waals surface area (Å²) in [7, 11) is 0. The van der Waals surface area contributed by atoms with E-state index < -0.39 is 6.04 Å². The van der Waals surface area contributed by atoms with Gasteiger partial charge in [0.2, 0.25) is 5.91 Å². The lowest BCUT2D eigenvalue weighted by atomic mass is 10.0. The molecular formula is C30H43N5O3. The molecule has 2 aromatic rings. The van der Waals surface area contributed by atoms with Crippen molar-refractivity contribution in [1.29, 1.82) is 0 Å². The number of unbranched alkanes of at least 4 members (excludes halogenated alkanes) is 4. The Hall–Kier alpha value is -3.00. The molecule has 8 heteroatoms. The fourth-order valence-electron chi connectivity index (χ4n) is 5.49. The van der Waals surface area contributed by atoms with Gasteiger partial charge in [-0.05, 0) is 87.7 Å². The number of aryl methyl sites for hydroxylation is 2. The SMILES string of the molecule is CCOC(=O)[C@H](CCCCCCCc1ccc2c(n1)NCCC2)NC(=O)[C@@H]1CCCN1Cc1ccncc1. The largest absolute Gasteiger partial charge is 0.464 e. The zero-order valence-corrected chi connectivity index (χ0v) is 22.8. The van der Waals surface area contributed by atoms with E-state index in [1.54, 1.807) is 19.3 Å². The summed E-state index contributed by atoms with van der Waals surface area (Å²) in [6.07, 6.45) is 14.5. The lowest BCUT2D eigenvalue weighted by Gasteiger charge is -2.26. The van der Waals surface area contributed by atoms with Gasteiger partial charge in [0.25, 0.3) is 0 Å². The van der Waals surface area contributed by atoms with Gasteiger partial charge in [-0.1, -0.05) is 31.7 Å². The Morgan fingerprint density at radius 3 is 2.76 bits per heavy atom. The predicted molar refractivity (Wildman–Crippen MR) is 149 cm³/mol. The normalized spacial score (nSPS) is 17.9. The number of amides is 1. The number of likely N-dealkylation sites (tertiary alicyclic amines) is 1. The topological polar surface area (TPSA) is 96.4 Å². The number of aromatic nitrogens is 2. The van der Waals surface area contributed by atoms with Crippen molar-refractivity contribution in [1.82, 2.24) is 20.2 Å². The van der Waals surface area contributed by atoms with Gasteiger partial charge >= 0.3 is 5.97 Å². The van der Waals surface area contributed by atoms with E-state index in [0.717, 1.165) is 88.0 Å². The molecule has 1 saturated heterocycles. The first-order valence-electron chi connectivity index (χ1n) is 14.5. The van der Waals surface area contributed by atoms with E-state index >= 15 is 0 Å². The third-order valence-electron chi connectivity index (χ3n) is 7.57. The van der Waals surface area contributed by atoms with Crippen molar-refractivity contribution in [2.75, 3.05) is 25.0 Å². The van der Waals surface area contributed by atoms with Gasteiger partial charge in [0, 0.05) is 31.2 Å². The highest BCUT2D eigenvalue weighted by Crippen LogP contribution is 2.22. The molecule has 0 unspecified atom stereocenters. The summed E-state index contributed by atoms with van der Waals surface area (Å²) in [6, 6.07) is 7.55. The van der Waals surface area contributed by atoms with Crippen LogP contribution in [0, 0.1) is 0 Å². The Balaban J connectivity index is 1.18.